The molecule has 0 heterocycles. The maximum Gasteiger partial charge on any atom is 0.518 e. The summed E-state index contributed by atoms with van der Waals surface area (Å²) in [6.45, 7) is 7.65. The quantitative estimate of drug-likeness (QED) is 0.498. The monoisotopic (exact) mass is 193 g/mol. The summed E-state index contributed by atoms with van der Waals surface area (Å²) >= 11 is 0. The molecule has 0 aliphatic rings. The molecule has 0 spiro atoms. The van der Waals surface area contributed by atoms with E-state index in [9.17, 15) is 4.79 Å². The van der Waals surface area contributed by atoms with Crippen LogP contribution in [0.15, 0.2) is 24.3 Å². The maximum absolute atomic E-state index is 9.73. The van der Waals surface area contributed by atoms with Crippen molar-refractivity contribution in [3.63, 3.8) is 0 Å². The van der Waals surface area contributed by atoms with Crippen LogP contribution >= 0.6 is 0 Å². The van der Waals surface area contributed by atoms with Crippen molar-refractivity contribution in [2.24, 2.45) is 0 Å². The number of benzene rings is 1. The van der Waals surface area contributed by atoms with E-state index in [1.54, 1.807) is 0 Å². The Morgan fingerprint density at radius 3 is 2.29 bits per heavy atom. The van der Waals surface area contributed by atoms with E-state index < -0.39 is 0 Å². The average Bonchev–Trinajstić information content (AvgIpc) is 2.01. The van der Waals surface area contributed by atoms with Gasteiger partial charge in [0, 0.05) is 20.8 Å². The molecule has 0 atom stereocenters. The normalized spacial score (nSPS) is 11.1. The minimum absolute atomic E-state index is 0.00407. The van der Waals surface area contributed by atoms with Gasteiger partial charge in [0.1, 0.15) is 5.56 Å². The van der Waals surface area contributed by atoms with E-state index in [0.29, 0.717) is 0 Å². The van der Waals surface area contributed by atoms with Gasteiger partial charge in [0.25, 0.3) is 0 Å². The Balaban J connectivity index is 2.86. The number of rotatable bonds is 1. The van der Waals surface area contributed by atoms with Crippen molar-refractivity contribution < 1.29 is 9.53 Å². The molecule has 0 fully saturated rings. The second-order valence-electron chi connectivity index (χ2n) is 4.33. The first-order valence-corrected chi connectivity index (χ1v) is 4.71. The highest BCUT2D eigenvalue weighted by Crippen LogP contribution is 2.13. The van der Waals surface area contributed by atoms with Crippen LogP contribution in [0.2, 0.25) is 0 Å². The van der Waals surface area contributed by atoms with Gasteiger partial charge in [-0.15, -0.1) is 0 Å². The number of aryl methyl sites for hydroxylation is 1. The number of carbonyl (C=O) groups excluding carboxylic acids is 1. The van der Waals surface area contributed by atoms with E-state index >= 15 is 0 Å². The summed E-state index contributed by atoms with van der Waals surface area (Å²) < 4.78 is 5.38. The van der Waals surface area contributed by atoms with E-state index in [0.717, 1.165) is 11.1 Å². The van der Waals surface area contributed by atoms with Crippen molar-refractivity contribution in [3.05, 3.63) is 35.4 Å². The fourth-order valence-corrected chi connectivity index (χ4v) is 1.16. The van der Waals surface area contributed by atoms with Gasteiger partial charge in [-0.05, 0) is 18.6 Å². The van der Waals surface area contributed by atoms with E-state index in [2.05, 4.69) is 0 Å². The fraction of sp³-hybridized carbons (Fsp3) is 0.417. The van der Waals surface area contributed by atoms with Crippen molar-refractivity contribution in [1.29, 1.82) is 0 Å². The van der Waals surface area contributed by atoms with Crippen molar-refractivity contribution in [2.45, 2.75) is 33.3 Å². The van der Waals surface area contributed by atoms with Gasteiger partial charge < -0.3 is 9.53 Å². The molecule has 0 bridgehead atoms. The maximum atomic E-state index is 9.73. The highest BCUT2D eigenvalue weighted by atomic mass is 16.6. The molecular weight excluding hydrogens is 176 g/mol. The lowest BCUT2D eigenvalue weighted by molar-refractivity contribution is 0.104. The average molecular weight is 193 g/mol. The highest BCUT2D eigenvalue weighted by Gasteiger charge is 2.27. The summed E-state index contributed by atoms with van der Waals surface area (Å²) in [5.74, 6) is -0.00407. The third kappa shape index (κ3) is 2.87. The zero-order valence-electron chi connectivity index (χ0n) is 9.16. The molecule has 0 radical (unpaired) electrons. The topological polar surface area (TPSA) is 30.6 Å². The third-order valence-electron chi connectivity index (χ3n) is 1.78. The zero-order valence-corrected chi connectivity index (χ0v) is 9.16. The Morgan fingerprint density at radius 1 is 1.21 bits per heavy atom. The number of hydrogen-bond donors (Lipinski definition) is 0. The van der Waals surface area contributed by atoms with Crippen molar-refractivity contribution in [1.82, 2.24) is 0 Å². The molecule has 2 heteroatoms. The molecule has 0 aromatic heterocycles. The predicted molar refractivity (Wildman–Crippen MR) is 58.1 cm³/mol. The van der Waals surface area contributed by atoms with Crippen molar-refractivity contribution in [3.8, 4) is 0 Å². The Morgan fingerprint density at radius 2 is 1.79 bits per heavy atom. The Kier molecular flexibility index (Phi) is 2.94. The third-order valence-corrected chi connectivity index (χ3v) is 1.78. The van der Waals surface area contributed by atoms with Gasteiger partial charge in [0.2, 0.25) is 0 Å². The van der Waals surface area contributed by atoms with Gasteiger partial charge in [0.15, 0.2) is 5.60 Å². The van der Waals surface area contributed by atoms with Crippen molar-refractivity contribution in [2.75, 3.05) is 0 Å². The van der Waals surface area contributed by atoms with Crippen molar-refractivity contribution >= 4 is 5.97 Å². The molecule has 0 saturated heterocycles. The second-order valence-corrected chi connectivity index (χ2v) is 4.33. The number of hydrogen-bond acceptors (Lipinski definition) is 1. The van der Waals surface area contributed by atoms with Gasteiger partial charge in [-0.3, -0.25) is 0 Å². The Hall–Kier alpha value is -1.31. The minimum atomic E-state index is -0.369. The van der Waals surface area contributed by atoms with Gasteiger partial charge in [-0.2, -0.15) is 0 Å². The molecule has 76 valence electrons. The lowest BCUT2D eigenvalue weighted by Gasteiger charge is -2.11. The van der Waals surface area contributed by atoms with Crippen LogP contribution in [-0.2, 0) is 4.74 Å². The number of ether oxygens (including phenoxy) is 1. The largest absolute Gasteiger partial charge is 0.518 e. The summed E-state index contributed by atoms with van der Waals surface area (Å²) in [6.07, 6.45) is 0. The zero-order chi connectivity index (χ0) is 10.8. The molecule has 2 nitrogen and oxygen atoms in total. The van der Waals surface area contributed by atoms with Crippen LogP contribution in [0.4, 0.5) is 0 Å². The summed E-state index contributed by atoms with van der Waals surface area (Å²) in [6, 6.07) is 7.60. The Labute approximate surface area is 84.9 Å². The predicted octanol–water partition coefficient (Wildman–Crippen LogP) is 2.66. The van der Waals surface area contributed by atoms with E-state index in [-0.39, 0.29) is 11.6 Å². The van der Waals surface area contributed by atoms with Gasteiger partial charge in [0.05, 0.1) is 0 Å². The first kappa shape index (κ1) is 10.8. The molecule has 1 aromatic carbocycles. The van der Waals surface area contributed by atoms with Crippen LogP contribution in [0.3, 0.4) is 0 Å². The molecule has 0 amide bonds. The first-order chi connectivity index (χ1) is 6.40. The number of esters is 1. The minimum Gasteiger partial charge on any atom is -0.335 e. The Bertz CT molecular complexity index is 334. The van der Waals surface area contributed by atoms with Crippen LogP contribution in [0.25, 0.3) is 0 Å². The van der Waals surface area contributed by atoms with E-state index in [4.69, 9.17) is 4.74 Å². The lowest BCUT2D eigenvalue weighted by atomic mass is 10.1. The molecule has 1 N–H and O–H groups in total. The molecule has 1 aromatic rings. The first-order valence-electron chi connectivity index (χ1n) is 4.71. The summed E-state index contributed by atoms with van der Waals surface area (Å²) in [5.41, 5.74) is 1.39. The lowest BCUT2D eigenvalue weighted by Crippen LogP contribution is -2.25. The van der Waals surface area contributed by atoms with Crippen LogP contribution in [0.5, 0.6) is 0 Å². The molecular formula is C12H17O2+. The SMILES string of the molecule is Cc1ccccc1C(=[OH+])OC(C)(C)C. The summed E-state index contributed by atoms with van der Waals surface area (Å²) in [7, 11) is 0. The summed E-state index contributed by atoms with van der Waals surface area (Å²) in [4.78, 5) is 9.73. The molecule has 1 rings (SSSR count). The second kappa shape index (κ2) is 3.82. The van der Waals surface area contributed by atoms with Crippen LogP contribution in [0.1, 0.15) is 31.9 Å². The standard InChI is InChI=1S/C12H16O2/c1-9-7-5-6-8-10(9)11(13)14-12(2,3)4/h5-8H,1-4H3/p+1. The van der Waals surface area contributed by atoms with Gasteiger partial charge >= 0.3 is 5.97 Å². The van der Waals surface area contributed by atoms with E-state index in [1.165, 1.54) is 0 Å². The van der Waals surface area contributed by atoms with Crippen LogP contribution in [-0.4, -0.2) is 16.4 Å². The van der Waals surface area contributed by atoms with Gasteiger partial charge in [-0.1, -0.05) is 18.2 Å². The molecule has 14 heavy (non-hydrogen) atoms. The fourth-order valence-electron chi connectivity index (χ4n) is 1.16. The highest BCUT2D eigenvalue weighted by molar-refractivity contribution is 5.91. The van der Waals surface area contributed by atoms with Crippen LogP contribution < -0.4 is 0 Å². The smallest absolute Gasteiger partial charge is 0.335 e. The van der Waals surface area contributed by atoms with E-state index in [1.807, 2.05) is 52.0 Å². The molecule has 0 unspecified atom stereocenters. The molecule has 0 aliphatic heterocycles. The van der Waals surface area contributed by atoms with Crippen LogP contribution in [0, 0.1) is 6.92 Å². The molecule has 0 aliphatic carbocycles. The molecule has 0 saturated carbocycles. The summed E-state index contributed by atoms with van der Waals surface area (Å²) in [5, 5.41) is 0. The van der Waals surface area contributed by atoms with Gasteiger partial charge in [-0.25, -0.2) is 0 Å².